The molecule has 1 atom stereocenters. The quantitative estimate of drug-likeness (QED) is 0.360. The molecule has 9 nitrogen and oxygen atoms in total. The summed E-state index contributed by atoms with van der Waals surface area (Å²) in [6.45, 7) is -0.712. The van der Waals surface area contributed by atoms with Crippen LogP contribution in [0.15, 0.2) is 65.6 Å². The minimum absolute atomic E-state index is 0.00635. The molecule has 0 bridgehead atoms. The summed E-state index contributed by atoms with van der Waals surface area (Å²) in [4.78, 5) is 11.5. The standard InChI is InChI=1S/C25H22ClF4N3O6S2/c26-24-19(5-2-6-20(24)27)15-7-8-22-21(11-15)33(14-17(39-22)13-32-23(34)9-10-40(31,35)36)41(37,38)18-4-1-3-16(12-18)25(28,29)30/h1-8,11-12,17H,9-10,13-14H2,(H,32,34)(H2,31,35,36)/t17-/m0/s1. The van der Waals surface area contributed by atoms with Crippen molar-refractivity contribution >= 4 is 43.2 Å². The first-order valence-corrected chi connectivity index (χ1v) is 15.3. The van der Waals surface area contributed by atoms with Gasteiger partial charge in [0.05, 0.1) is 40.0 Å². The Bertz CT molecular complexity index is 1700. The number of alkyl halides is 3. The molecule has 0 spiro atoms. The second-order valence-corrected chi connectivity index (χ2v) is 13.0. The Morgan fingerprint density at radius 3 is 2.46 bits per heavy atom. The van der Waals surface area contributed by atoms with Gasteiger partial charge in [0.25, 0.3) is 10.0 Å². The third kappa shape index (κ3) is 7.09. The number of halogens is 5. The molecule has 0 aliphatic carbocycles. The molecule has 3 aromatic carbocycles. The molecule has 41 heavy (non-hydrogen) atoms. The van der Waals surface area contributed by atoms with Gasteiger partial charge in [0, 0.05) is 12.0 Å². The van der Waals surface area contributed by atoms with Crippen molar-refractivity contribution in [1.82, 2.24) is 5.32 Å². The molecule has 3 aromatic rings. The van der Waals surface area contributed by atoms with E-state index in [0.29, 0.717) is 11.6 Å². The number of fused-ring (bicyclic) bond motifs is 1. The monoisotopic (exact) mass is 635 g/mol. The van der Waals surface area contributed by atoms with Gasteiger partial charge in [-0.25, -0.2) is 26.4 Å². The highest BCUT2D eigenvalue weighted by molar-refractivity contribution is 7.92. The number of hydrogen-bond donors (Lipinski definition) is 2. The third-order valence-corrected chi connectivity index (χ3v) is 8.98. The summed E-state index contributed by atoms with van der Waals surface area (Å²) in [6.07, 6.45) is -6.28. The van der Waals surface area contributed by atoms with Crippen LogP contribution in [0.3, 0.4) is 0 Å². The van der Waals surface area contributed by atoms with Crippen LogP contribution < -0.4 is 19.5 Å². The van der Waals surface area contributed by atoms with Gasteiger partial charge in [-0.05, 0) is 42.0 Å². The number of amides is 1. The van der Waals surface area contributed by atoms with Gasteiger partial charge in [0.15, 0.2) is 0 Å². The van der Waals surface area contributed by atoms with Crippen molar-refractivity contribution < 1.29 is 43.9 Å². The van der Waals surface area contributed by atoms with E-state index in [4.69, 9.17) is 21.5 Å². The molecule has 220 valence electrons. The zero-order chi connectivity index (χ0) is 30.2. The molecule has 16 heteroatoms. The van der Waals surface area contributed by atoms with E-state index < -0.39 is 73.2 Å². The number of nitrogens with two attached hydrogens (primary N) is 1. The molecule has 1 amide bonds. The van der Waals surface area contributed by atoms with E-state index in [1.807, 2.05) is 0 Å². The summed E-state index contributed by atoms with van der Waals surface area (Å²) in [5.74, 6) is -2.03. The van der Waals surface area contributed by atoms with Crippen molar-refractivity contribution in [3.8, 4) is 16.9 Å². The molecule has 0 saturated heterocycles. The highest BCUT2D eigenvalue weighted by Gasteiger charge is 2.37. The molecular weight excluding hydrogens is 614 g/mol. The number of primary sulfonamides is 1. The molecule has 0 aromatic heterocycles. The van der Waals surface area contributed by atoms with Crippen molar-refractivity contribution in [2.24, 2.45) is 5.14 Å². The second-order valence-electron chi connectivity index (χ2n) is 9.01. The van der Waals surface area contributed by atoms with E-state index in [2.05, 4.69) is 5.32 Å². The molecule has 1 aliphatic rings. The Balaban J connectivity index is 1.73. The van der Waals surface area contributed by atoms with Crippen LogP contribution in [-0.2, 0) is 31.0 Å². The third-order valence-electron chi connectivity index (χ3n) is 6.04. The number of nitrogens with zero attached hydrogens (tertiary/aromatic N) is 1. The first-order valence-electron chi connectivity index (χ1n) is 11.8. The van der Waals surface area contributed by atoms with E-state index in [1.54, 1.807) is 0 Å². The van der Waals surface area contributed by atoms with Gasteiger partial charge in [-0.15, -0.1) is 0 Å². The number of carbonyl (C=O) groups excluding carboxylic acids is 1. The van der Waals surface area contributed by atoms with Crippen molar-refractivity contribution in [1.29, 1.82) is 0 Å². The minimum atomic E-state index is -4.81. The number of hydrogen-bond acceptors (Lipinski definition) is 6. The largest absolute Gasteiger partial charge is 0.484 e. The topological polar surface area (TPSA) is 136 Å². The Labute approximate surface area is 238 Å². The Hall–Kier alpha value is -3.40. The average Bonchev–Trinajstić information content (AvgIpc) is 2.90. The lowest BCUT2D eigenvalue weighted by atomic mass is 10.0. The van der Waals surface area contributed by atoms with Crippen molar-refractivity contribution in [2.75, 3.05) is 23.1 Å². The molecular formula is C25H22ClF4N3O6S2. The van der Waals surface area contributed by atoms with Crippen LogP contribution in [-0.4, -0.2) is 47.7 Å². The van der Waals surface area contributed by atoms with Gasteiger partial charge in [-0.2, -0.15) is 13.2 Å². The zero-order valence-electron chi connectivity index (χ0n) is 20.9. The predicted octanol–water partition coefficient (Wildman–Crippen LogP) is 3.92. The molecule has 0 unspecified atom stereocenters. The van der Waals surface area contributed by atoms with E-state index >= 15 is 0 Å². The first-order chi connectivity index (χ1) is 19.1. The van der Waals surface area contributed by atoms with Crippen molar-refractivity contribution in [3.63, 3.8) is 0 Å². The van der Waals surface area contributed by atoms with Gasteiger partial charge < -0.3 is 10.1 Å². The predicted molar refractivity (Wildman–Crippen MR) is 143 cm³/mol. The summed E-state index contributed by atoms with van der Waals surface area (Å²) in [5, 5.41) is 7.11. The highest BCUT2D eigenvalue weighted by atomic mass is 35.5. The summed E-state index contributed by atoms with van der Waals surface area (Å²) in [5.41, 5.74) is -0.700. The molecule has 0 fully saturated rings. The number of sulfonamides is 2. The molecule has 1 aliphatic heterocycles. The lowest BCUT2D eigenvalue weighted by molar-refractivity contribution is -0.137. The summed E-state index contributed by atoms with van der Waals surface area (Å²) >= 11 is 6.11. The Kier molecular flexibility index (Phi) is 8.55. The highest BCUT2D eigenvalue weighted by Crippen LogP contribution is 2.42. The minimum Gasteiger partial charge on any atom is -0.484 e. The van der Waals surface area contributed by atoms with Crippen LogP contribution in [0, 0.1) is 5.82 Å². The molecule has 1 heterocycles. The van der Waals surface area contributed by atoms with Gasteiger partial charge in [-0.3, -0.25) is 9.10 Å². The molecule has 0 radical (unpaired) electrons. The first kappa shape index (κ1) is 30.6. The van der Waals surface area contributed by atoms with Crippen LogP contribution >= 0.6 is 11.6 Å². The fourth-order valence-corrected chi connectivity index (χ4v) is 6.30. The van der Waals surface area contributed by atoms with Crippen LogP contribution in [0.5, 0.6) is 5.75 Å². The van der Waals surface area contributed by atoms with Gasteiger partial charge in [0.2, 0.25) is 15.9 Å². The van der Waals surface area contributed by atoms with Gasteiger partial charge >= 0.3 is 6.18 Å². The SMILES string of the molecule is NS(=O)(=O)CCC(=O)NC[C@H]1CN(S(=O)(=O)c2cccc(C(F)(F)F)c2)c2cc(-c3cccc(F)c3Cl)ccc2O1. The summed E-state index contributed by atoms with van der Waals surface area (Å²) < 4.78 is 111. The second kappa shape index (κ2) is 11.5. The number of nitrogens with one attached hydrogen (secondary N) is 1. The fourth-order valence-electron chi connectivity index (χ4n) is 4.05. The number of rotatable bonds is 8. The van der Waals surface area contributed by atoms with E-state index in [-0.39, 0.29) is 28.6 Å². The summed E-state index contributed by atoms with van der Waals surface area (Å²) in [6, 6.07) is 11.5. The smallest absolute Gasteiger partial charge is 0.416 e. The van der Waals surface area contributed by atoms with E-state index in [0.717, 1.165) is 28.6 Å². The fraction of sp³-hybridized carbons (Fsp3) is 0.240. The van der Waals surface area contributed by atoms with Gasteiger partial charge in [-0.1, -0.05) is 35.9 Å². The number of ether oxygens (including phenoxy) is 1. The number of benzene rings is 3. The lowest BCUT2D eigenvalue weighted by Crippen LogP contribution is -2.48. The normalized spacial score (nSPS) is 15.7. The number of anilines is 1. The molecule has 3 N–H and O–H groups in total. The maximum Gasteiger partial charge on any atom is 0.416 e. The Morgan fingerprint density at radius 2 is 1.78 bits per heavy atom. The maximum atomic E-state index is 14.1. The molecule has 0 saturated carbocycles. The van der Waals surface area contributed by atoms with Crippen LogP contribution in [0.2, 0.25) is 5.02 Å². The zero-order valence-corrected chi connectivity index (χ0v) is 23.2. The number of carbonyl (C=O) groups is 1. The van der Waals surface area contributed by atoms with E-state index in [1.165, 1.54) is 30.3 Å². The average molecular weight is 636 g/mol. The van der Waals surface area contributed by atoms with Crippen LogP contribution in [0.4, 0.5) is 23.2 Å². The summed E-state index contributed by atoms with van der Waals surface area (Å²) in [7, 11) is -8.54. The van der Waals surface area contributed by atoms with Gasteiger partial charge in [0.1, 0.15) is 17.7 Å². The Morgan fingerprint density at radius 1 is 1.07 bits per heavy atom. The molecule has 4 rings (SSSR count). The van der Waals surface area contributed by atoms with Crippen LogP contribution in [0.1, 0.15) is 12.0 Å². The van der Waals surface area contributed by atoms with Crippen LogP contribution in [0.25, 0.3) is 11.1 Å². The van der Waals surface area contributed by atoms with Crippen molar-refractivity contribution in [2.45, 2.75) is 23.6 Å². The maximum absolute atomic E-state index is 14.1. The van der Waals surface area contributed by atoms with Crippen molar-refractivity contribution in [3.05, 3.63) is 77.1 Å². The lowest BCUT2D eigenvalue weighted by Gasteiger charge is -2.36. The van der Waals surface area contributed by atoms with E-state index in [9.17, 15) is 39.2 Å².